The first-order valence-electron chi connectivity index (χ1n) is 19.0. The minimum Gasteiger partial charge on any atom is -0.436 e. The maximum atomic E-state index is 6.40. The minimum absolute atomic E-state index is 0.519. The second-order valence-electron chi connectivity index (χ2n) is 14.3. The summed E-state index contributed by atoms with van der Waals surface area (Å²) in [5.41, 5.74) is 12.3. The molecule has 0 spiro atoms. The van der Waals surface area contributed by atoms with Crippen LogP contribution in [0.2, 0.25) is 0 Å². The molecule has 4 heterocycles. The standard InChI is InChI=1S/C50H31N5O2/c1-3-13-33(14-4-1)53(35-24-26-46-40(30-35)39-19-9-10-20-43(39)54(46)34-15-5-2-6-16-34)36-25-28-47-42(31-36)51-49(56-47)32-23-27-48-41(29-32)52-50(57-48)55-44-21-11-7-17-37(44)38-18-8-12-22-45(38)55/h1-31H. The molecular weight excluding hydrogens is 703 g/mol. The zero-order chi connectivity index (χ0) is 37.5. The zero-order valence-corrected chi connectivity index (χ0v) is 30.5. The fourth-order valence-electron chi connectivity index (χ4n) is 8.43. The van der Waals surface area contributed by atoms with Crippen molar-refractivity contribution in [3.05, 3.63) is 188 Å². The van der Waals surface area contributed by atoms with E-state index in [1.165, 1.54) is 16.3 Å². The van der Waals surface area contributed by atoms with E-state index in [-0.39, 0.29) is 0 Å². The normalized spacial score (nSPS) is 11.9. The van der Waals surface area contributed by atoms with Crippen molar-refractivity contribution in [2.24, 2.45) is 0 Å². The van der Waals surface area contributed by atoms with Gasteiger partial charge >= 0.3 is 6.01 Å². The minimum atomic E-state index is 0.519. The quantitative estimate of drug-likeness (QED) is 0.170. The number of benzene rings is 8. The molecule has 268 valence electrons. The van der Waals surface area contributed by atoms with Crippen molar-refractivity contribution in [1.82, 2.24) is 19.1 Å². The Hall–Kier alpha value is -7.90. The van der Waals surface area contributed by atoms with Crippen molar-refractivity contribution in [2.45, 2.75) is 0 Å². The molecule has 7 nitrogen and oxygen atoms in total. The van der Waals surface area contributed by atoms with E-state index in [2.05, 4.69) is 160 Å². The summed E-state index contributed by atoms with van der Waals surface area (Å²) in [5, 5.41) is 4.70. The average Bonchev–Trinajstić information content (AvgIpc) is 4.04. The maximum absolute atomic E-state index is 6.40. The van der Waals surface area contributed by atoms with Gasteiger partial charge in [-0.15, -0.1) is 0 Å². The van der Waals surface area contributed by atoms with Crippen LogP contribution in [-0.4, -0.2) is 19.1 Å². The van der Waals surface area contributed by atoms with Crippen LogP contribution >= 0.6 is 0 Å². The number of hydrogen-bond acceptors (Lipinski definition) is 5. The molecule has 0 saturated carbocycles. The Bertz CT molecular complexity index is 3430. The molecule has 0 fully saturated rings. The van der Waals surface area contributed by atoms with Crippen molar-refractivity contribution in [1.29, 1.82) is 0 Å². The fraction of sp³-hybridized carbons (Fsp3) is 0. The Kier molecular flexibility index (Phi) is 6.79. The third-order valence-corrected chi connectivity index (χ3v) is 11.0. The molecular formula is C50H31N5O2. The number of oxazole rings is 2. The first kappa shape index (κ1) is 31.5. The molecule has 0 amide bonds. The molecule has 0 atom stereocenters. The molecule has 57 heavy (non-hydrogen) atoms. The van der Waals surface area contributed by atoms with Crippen LogP contribution in [0.5, 0.6) is 0 Å². The fourth-order valence-corrected chi connectivity index (χ4v) is 8.43. The molecule has 0 N–H and O–H groups in total. The highest BCUT2D eigenvalue weighted by molar-refractivity contribution is 6.11. The van der Waals surface area contributed by atoms with Gasteiger partial charge in [0.2, 0.25) is 5.89 Å². The van der Waals surface area contributed by atoms with Gasteiger partial charge < -0.3 is 18.3 Å². The van der Waals surface area contributed by atoms with Crippen molar-refractivity contribution < 1.29 is 8.83 Å². The van der Waals surface area contributed by atoms with Crippen LogP contribution in [0.4, 0.5) is 17.1 Å². The Morgan fingerprint density at radius 3 is 1.67 bits per heavy atom. The summed E-state index contributed by atoms with van der Waals surface area (Å²) < 4.78 is 17.2. The van der Waals surface area contributed by atoms with Gasteiger partial charge in [-0.3, -0.25) is 4.57 Å². The van der Waals surface area contributed by atoms with Gasteiger partial charge in [0.15, 0.2) is 11.2 Å². The molecule has 0 bridgehead atoms. The van der Waals surface area contributed by atoms with Gasteiger partial charge in [0.1, 0.15) is 11.0 Å². The number of para-hydroxylation sites is 5. The van der Waals surface area contributed by atoms with Crippen molar-refractivity contribution in [2.75, 3.05) is 4.90 Å². The summed E-state index contributed by atoms with van der Waals surface area (Å²) in [6, 6.07) is 65.7. The lowest BCUT2D eigenvalue weighted by Crippen LogP contribution is -2.09. The highest BCUT2D eigenvalue weighted by atomic mass is 16.4. The van der Waals surface area contributed by atoms with Gasteiger partial charge in [-0.25, -0.2) is 4.98 Å². The van der Waals surface area contributed by atoms with Crippen molar-refractivity contribution in [3.8, 4) is 23.2 Å². The lowest BCUT2D eigenvalue weighted by Gasteiger charge is -2.25. The van der Waals surface area contributed by atoms with Gasteiger partial charge in [-0.05, 0) is 97.1 Å². The smallest absolute Gasteiger partial charge is 0.307 e. The SMILES string of the molecule is c1ccc(N(c2ccc3oc(-c4ccc5oc(-n6c7ccccc7c7ccccc76)nc5c4)nc3c2)c2ccc3c(c2)c2ccccc2n3-c2ccccc2)cc1. The van der Waals surface area contributed by atoms with E-state index >= 15 is 0 Å². The molecule has 0 aliphatic heterocycles. The van der Waals surface area contributed by atoms with Crippen LogP contribution in [0.1, 0.15) is 0 Å². The van der Waals surface area contributed by atoms with Crippen LogP contribution in [0.25, 0.3) is 89.0 Å². The van der Waals surface area contributed by atoms with E-state index in [1.54, 1.807) is 0 Å². The summed E-state index contributed by atoms with van der Waals surface area (Å²) in [7, 11) is 0. The molecule has 7 heteroatoms. The summed E-state index contributed by atoms with van der Waals surface area (Å²) in [6.45, 7) is 0. The van der Waals surface area contributed by atoms with E-state index in [9.17, 15) is 0 Å². The summed E-state index contributed by atoms with van der Waals surface area (Å²) in [4.78, 5) is 12.3. The highest BCUT2D eigenvalue weighted by Gasteiger charge is 2.20. The molecule has 12 aromatic rings. The molecule has 0 aliphatic rings. The Labute approximate surface area is 325 Å². The predicted octanol–water partition coefficient (Wildman–Crippen LogP) is 13.3. The summed E-state index contributed by atoms with van der Waals surface area (Å²) >= 11 is 0. The topological polar surface area (TPSA) is 65.2 Å². The van der Waals surface area contributed by atoms with Crippen LogP contribution in [0.15, 0.2) is 197 Å². The Morgan fingerprint density at radius 2 is 0.930 bits per heavy atom. The highest BCUT2D eigenvalue weighted by Crippen LogP contribution is 2.41. The zero-order valence-electron chi connectivity index (χ0n) is 30.5. The molecule has 0 unspecified atom stereocenters. The van der Waals surface area contributed by atoms with E-state index in [0.29, 0.717) is 23.1 Å². The second-order valence-corrected chi connectivity index (χ2v) is 14.3. The van der Waals surface area contributed by atoms with Gasteiger partial charge in [0.05, 0.1) is 22.1 Å². The number of rotatable bonds is 6. The third kappa shape index (κ3) is 4.92. The average molecular weight is 734 g/mol. The first-order valence-corrected chi connectivity index (χ1v) is 19.0. The van der Waals surface area contributed by atoms with Crippen LogP contribution in [-0.2, 0) is 0 Å². The van der Waals surface area contributed by atoms with Gasteiger partial charge in [0.25, 0.3) is 0 Å². The maximum Gasteiger partial charge on any atom is 0.307 e. The molecule has 4 aromatic heterocycles. The van der Waals surface area contributed by atoms with Crippen LogP contribution in [0.3, 0.4) is 0 Å². The molecule has 0 aliphatic carbocycles. The van der Waals surface area contributed by atoms with Gasteiger partial charge in [-0.1, -0.05) is 91.0 Å². The third-order valence-electron chi connectivity index (χ3n) is 11.0. The van der Waals surface area contributed by atoms with Crippen LogP contribution < -0.4 is 4.90 Å². The molecule has 0 saturated heterocycles. The number of anilines is 3. The number of aromatic nitrogens is 4. The van der Waals surface area contributed by atoms with Crippen molar-refractivity contribution >= 4 is 82.9 Å². The second kappa shape index (κ2) is 12.3. The number of fused-ring (bicyclic) bond motifs is 8. The predicted molar refractivity (Wildman–Crippen MR) is 230 cm³/mol. The summed E-state index contributed by atoms with van der Waals surface area (Å²) in [5.74, 6) is 0.520. The Balaban J connectivity index is 0.950. The largest absolute Gasteiger partial charge is 0.436 e. The molecule has 8 aromatic carbocycles. The lowest BCUT2D eigenvalue weighted by atomic mass is 10.1. The van der Waals surface area contributed by atoms with Gasteiger partial charge in [-0.2, -0.15) is 4.98 Å². The van der Waals surface area contributed by atoms with E-state index in [0.717, 1.165) is 66.7 Å². The monoisotopic (exact) mass is 733 g/mol. The number of nitrogens with zero attached hydrogens (tertiary/aromatic N) is 5. The molecule has 12 rings (SSSR count). The lowest BCUT2D eigenvalue weighted by molar-refractivity contribution is 0.574. The first-order chi connectivity index (χ1) is 28.2. The van der Waals surface area contributed by atoms with Crippen LogP contribution in [0, 0.1) is 0 Å². The van der Waals surface area contributed by atoms with Crippen molar-refractivity contribution in [3.63, 3.8) is 0 Å². The van der Waals surface area contributed by atoms with E-state index < -0.39 is 0 Å². The molecule has 0 radical (unpaired) electrons. The van der Waals surface area contributed by atoms with Gasteiger partial charge in [0, 0.05) is 49.9 Å². The van der Waals surface area contributed by atoms with E-state index in [4.69, 9.17) is 18.8 Å². The summed E-state index contributed by atoms with van der Waals surface area (Å²) in [6.07, 6.45) is 0. The number of hydrogen-bond donors (Lipinski definition) is 0. The Morgan fingerprint density at radius 1 is 0.386 bits per heavy atom. The van der Waals surface area contributed by atoms with E-state index in [1.807, 2.05) is 42.5 Å².